The Balaban J connectivity index is 2.04. The van der Waals surface area contributed by atoms with Crippen molar-refractivity contribution in [3.63, 3.8) is 0 Å². The largest absolute Gasteiger partial charge is 0.0885 e. The molecule has 1 atom stereocenters. The summed E-state index contributed by atoms with van der Waals surface area (Å²) in [6.45, 7) is 4.58. The lowest BCUT2D eigenvalue weighted by atomic mass is 9.97. The van der Waals surface area contributed by atoms with Crippen LogP contribution in [0.4, 0.5) is 0 Å². The van der Waals surface area contributed by atoms with Crippen LogP contribution < -0.4 is 0 Å². The van der Waals surface area contributed by atoms with Gasteiger partial charge in [-0.05, 0) is 30.7 Å². The van der Waals surface area contributed by atoms with Gasteiger partial charge in [-0.1, -0.05) is 88.4 Å². The molecule has 0 saturated heterocycles. The van der Waals surface area contributed by atoms with Crippen molar-refractivity contribution < 1.29 is 0 Å². The van der Waals surface area contributed by atoms with Gasteiger partial charge in [0.15, 0.2) is 0 Å². The summed E-state index contributed by atoms with van der Waals surface area (Å²) in [7, 11) is 0. The average molecular weight is 258 g/mol. The highest BCUT2D eigenvalue weighted by Crippen LogP contribution is 2.19. The molecule has 0 aliphatic carbocycles. The molecular formula is C19H30. The van der Waals surface area contributed by atoms with Crippen LogP contribution in [0.2, 0.25) is 0 Å². The van der Waals surface area contributed by atoms with Crippen molar-refractivity contribution in [2.24, 2.45) is 0 Å². The Bertz CT molecular complexity index is 323. The van der Waals surface area contributed by atoms with Gasteiger partial charge < -0.3 is 0 Å². The minimum atomic E-state index is 0.641. The fraction of sp³-hybridized carbons (Fsp3) is 0.579. The van der Waals surface area contributed by atoms with Crippen LogP contribution >= 0.6 is 0 Å². The molecule has 0 heterocycles. The molecule has 0 amide bonds. The maximum absolute atomic E-state index is 2.37. The third kappa shape index (κ3) is 7.87. The van der Waals surface area contributed by atoms with Crippen molar-refractivity contribution in [2.75, 3.05) is 0 Å². The van der Waals surface area contributed by atoms with Crippen molar-refractivity contribution in [3.05, 3.63) is 48.0 Å². The van der Waals surface area contributed by atoms with Gasteiger partial charge >= 0.3 is 0 Å². The fourth-order valence-electron chi connectivity index (χ4n) is 2.38. The Hall–Kier alpha value is -1.04. The Morgan fingerprint density at radius 1 is 0.895 bits per heavy atom. The number of allylic oxidation sites excluding steroid dienone is 2. The molecule has 1 unspecified atom stereocenters. The predicted molar refractivity (Wildman–Crippen MR) is 86.6 cm³/mol. The van der Waals surface area contributed by atoms with Crippen molar-refractivity contribution in [2.45, 2.75) is 71.1 Å². The topological polar surface area (TPSA) is 0 Å². The average Bonchev–Trinajstić information content (AvgIpc) is 2.46. The molecule has 0 N–H and O–H groups in total. The minimum Gasteiger partial charge on any atom is -0.0885 e. The van der Waals surface area contributed by atoms with Gasteiger partial charge in [-0.15, -0.1) is 0 Å². The Morgan fingerprint density at radius 2 is 1.58 bits per heavy atom. The highest BCUT2D eigenvalue weighted by molar-refractivity contribution is 5.19. The Morgan fingerprint density at radius 3 is 2.32 bits per heavy atom. The van der Waals surface area contributed by atoms with Gasteiger partial charge in [-0.2, -0.15) is 0 Å². The van der Waals surface area contributed by atoms with E-state index in [1.165, 1.54) is 56.9 Å². The van der Waals surface area contributed by atoms with Crippen molar-refractivity contribution >= 4 is 0 Å². The second-order valence-electron chi connectivity index (χ2n) is 5.58. The Labute approximate surface area is 119 Å². The van der Waals surface area contributed by atoms with Gasteiger partial charge in [0, 0.05) is 0 Å². The molecule has 0 radical (unpaired) electrons. The van der Waals surface area contributed by atoms with E-state index in [0.29, 0.717) is 5.92 Å². The van der Waals surface area contributed by atoms with E-state index < -0.39 is 0 Å². The molecule has 0 fully saturated rings. The zero-order chi connectivity index (χ0) is 13.8. The van der Waals surface area contributed by atoms with Gasteiger partial charge in [-0.3, -0.25) is 0 Å². The maximum Gasteiger partial charge on any atom is -0.0156 e. The lowest BCUT2D eigenvalue weighted by Gasteiger charge is -2.08. The third-order valence-electron chi connectivity index (χ3n) is 3.75. The lowest BCUT2D eigenvalue weighted by molar-refractivity contribution is 0.611. The molecule has 0 nitrogen and oxygen atoms in total. The second-order valence-corrected chi connectivity index (χ2v) is 5.58. The summed E-state index contributed by atoms with van der Waals surface area (Å²) in [5.74, 6) is 0.641. The van der Waals surface area contributed by atoms with E-state index in [0.717, 1.165) is 0 Å². The van der Waals surface area contributed by atoms with E-state index in [9.17, 15) is 0 Å². The third-order valence-corrected chi connectivity index (χ3v) is 3.75. The predicted octanol–water partition coefficient (Wildman–Crippen LogP) is 6.49. The van der Waals surface area contributed by atoms with Gasteiger partial charge in [-0.25, -0.2) is 0 Å². The summed E-state index contributed by atoms with van der Waals surface area (Å²) in [6.07, 6.45) is 15.5. The fourth-order valence-corrected chi connectivity index (χ4v) is 2.38. The van der Waals surface area contributed by atoms with Crippen LogP contribution in [0.3, 0.4) is 0 Å². The first-order chi connectivity index (χ1) is 9.34. The van der Waals surface area contributed by atoms with Gasteiger partial charge in [0.05, 0.1) is 0 Å². The number of hydrogen-bond donors (Lipinski definition) is 0. The summed E-state index contributed by atoms with van der Waals surface area (Å²) in [5.41, 5.74) is 1.45. The van der Waals surface area contributed by atoms with Crippen molar-refractivity contribution in [3.8, 4) is 0 Å². The highest BCUT2D eigenvalue weighted by atomic mass is 14.1. The van der Waals surface area contributed by atoms with Crippen LogP contribution in [0.15, 0.2) is 42.5 Å². The molecule has 1 rings (SSSR count). The summed E-state index contributed by atoms with van der Waals surface area (Å²) in [5, 5.41) is 0. The van der Waals surface area contributed by atoms with E-state index in [1.54, 1.807) is 0 Å². The maximum atomic E-state index is 2.37. The van der Waals surface area contributed by atoms with Crippen molar-refractivity contribution in [1.29, 1.82) is 0 Å². The molecule has 0 saturated carbocycles. The van der Waals surface area contributed by atoms with Crippen LogP contribution in [0.25, 0.3) is 0 Å². The zero-order valence-electron chi connectivity index (χ0n) is 12.8. The van der Waals surface area contributed by atoms with Gasteiger partial charge in [0.25, 0.3) is 0 Å². The molecule has 0 aliphatic heterocycles. The number of benzene rings is 1. The quantitative estimate of drug-likeness (QED) is 0.332. The summed E-state index contributed by atoms with van der Waals surface area (Å²) >= 11 is 0. The summed E-state index contributed by atoms with van der Waals surface area (Å²) in [4.78, 5) is 0. The highest BCUT2D eigenvalue weighted by Gasteiger charge is 2.01. The number of unbranched alkanes of at least 4 members (excludes halogenated alkanes) is 6. The van der Waals surface area contributed by atoms with Crippen molar-refractivity contribution in [1.82, 2.24) is 0 Å². The molecule has 0 heteroatoms. The molecule has 0 bridgehead atoms. The molecule has 106 valence electrons. The molecule has 19 heavy (non-hydrogen) atoms. The number of rotatable bonds is 10. The smallest absolute Gasteiger partial charge is 0.0156 e. The van der Waals surface area contributed by atoms with E-state index in [2.05, 4.69) is 56.3 Å². The lowest BCUT2D eigenvalue weighted by Crippen LogP contribution is -1.90. The Kier molecular flexibility index (Phi) is 9.14. The monoisotopic (exact) mass is 258 g/mol. The summed E-state index contributed by atoms with van der Waals surface area (Å²) in [6, 6.07) is 10.8. The molecule has 1 aromatic rings. The van der Waals surface area contributed by atoms with Crippen LogP contribution in [0, 0.1) is 0 Å². The standard InChI is InChI=1S/C19H30/c1-3-4-5-6-7-8-9-10-12-15-18(2)19-16-13-11-14-17-19/h10-14,16-18H,3-9,15H2,1-2H3/b12-10+. The SMILES string of the molecule is CCCCCCCC/C=C/CC(C)c1ccccc1. The molecule has 0 aromatic heterocycles. The molecule has 0 aliphatic rings. The molecule has 0 spiro atoms. The first-order valence-corrected chi connectivity index (χ1v) is 8.04. The minimum absolute atomic E-state index is 0.641. The second kappa shape index (κ2) is 10.8. The molecule has 1 aromatic carbocycles. The zero-order valence-corrected chi connectivity index (χ0v) is 12.8. The van der Waals surface area contributed by atoms with Crippen LogP contribution in [0.1, 0.15) is 76.7 Å². The first kappa shape index (κ1) is 16.0. The van der Waals surface area contributed by atoms with Crippen LogP contribution in [0.5, 0.6) is 0 Å². The van der Waals surface area contributed by atoms with Gasteiger partial charge in [0.2, 0.25) is 0 Å². The molecular weight excluding hydrogens is 228 g/mol. The van der Waals surface area contributed by atoms with Crippen LogP contribution in [-0.4, -0.2) is 0 Å². The summed E-state index contributed by atoms with van der Waals surface area (Å²) < 4.78 is 0. The van der Waals surface area contributed by atoms with Gasteiger partial charge in [0.1, 0.15) is 0 Å². The normalized spacial score (nSPS) is 12.9. The number of hydrogen-bond acceptors (Lipinski definition) is 0. The van der Waals surface area contributed by atoms with E-state index in [4.69, 9.17) is 0 Å². The van der Waals surface area contributed by atoms with Crippen LogP contribution in [-0.2, 0) is 0 Å². The van der Waals surface area contributed by atoms with E-state index in [1.807, 2.05) is 0 Å². The van der Waals surface area contributed by atoms with E-state index in [-0.39, 0.29) is 0 Å². The van der Waals surface area contributed by atoms with E-state index >= 15 is 0 Å². The first-order valence-electron chi connectivity index (χ1n) is 8.04.